The van der Waals surface area contributed by atoms with Crippen molar-refractivity contribution < 1.29 is 0 Å². The highest BCUT2D eigenvalue weighted by molar-refractivity contribution is 9.10. The fourth-order valence-electron chi connectivity index (χ4n) is 2.86. The van der Waals surface area contributed by atoms with Crippen molar-refractivity contribution >= 4 is 15.9 Å². The summed E-state index contributed by atoms with van der Waals surface area (Å²) in [5, 5.41) is 0. The minimum absolute atomic E-state index is 0.351. The molecule has 1 aliphatic heterocycles. The molecule has 2 N–H and O–H groups in total. The van der Waals surface area contributed by atoms with Crippen LogP contribution in [-0.4, -0.2) is 24.5 Å². The Balaban J connectivity index is 2.13. The Kier molecular flexibility index (Phi) is 4.82. The molecule has 0 aliphatic carbocycles. The number of halogens is 1. The molecule has 0 amide bonds. The molecule has 1 aromatic carbocycles. The van der Waals surface area contributed by atoms with Crippen molar-refractivity contribution in [2.45, 2.75) is 26.3 Å². The van der Waals surface area contributed by atoms with E-state index >= 15 is 0 Å². The van der Waals surface area contributed by atoms with E-state index in [1.807, 2.05) is 0 Å². The maximum atomic E-state index is 6.01. The third kappa shape index (κ3) is 2.95. The van der Waals surface area contributed by atoms with Crippen molar-refractivity contribution in [2.75, 3.05) is 19.6 Å². The molecule has 100 valence electrons. The van der Waals surface area contributed by atoms with E-state index in [-0.39, 0.29) is 0 Å². The van der Waals surface area contributed by atoms with Gasteiger partial charge < -0.3 is 5.73 Å². The molecule has 0 aromatic heterocycles. The topological polar surface area (TPSA) is 29.3 Å². The van der Waals surface area contributed by atoms with Crippen molar-refractivity contribution in [1.29, 1.82) is 0 Å². The van der Waals surface area contributed by atoms with Crippen LogP contribution in [0, 0.1) is 11.8 Å². The van der Waals surface area contributed by atoms with Crippen molar-refractivity contribution in [3.05, 3.63) is 34.3 Å². The van der Waals surface area contributed by atoms with E-state index < -0.39 is 0 Å². The van der Waals surface area contributed by atoms with Crippen LogP contribution in [0.5, 0.6) is 0 Å². The van der Waals surface area contributed by atoms with Crippen LogP contribution >= 0.6 is 15.9 Å². The molecule has 3 heteroatoms. The predicted molar refractivity (Wildman–Crippen MR) is 80.5 cm³/mol. The molecule has 2 nitrogen and oxygen atoms in total. The molecule has 2 atom stereocenters. The maximum Gasteiger partial charge on any atom is 0.0481 e. The number of rotatable bonds is 4. The van der Waals surface area contributed by atoms with Gasteiger partial charge in [-0.1, -0.05) is 48.0 Å². The van der Waals surface area contributed by atoms with Gasteiger partial charge in [0.05, 0.1) is 0 Å². The molecule has 1 heterocycles. The molecular weight excluding hydrogens is 288 g/mol. The van der Waals surface area contributed by atoms with Gasteiger partial charge in [-0.2, -0.15) is 0 Å². The molecule has 1 aromatic rings. The summed E-state index contributed by atoms with van der Waals surface area (Å²) in [7, 11) is 0. The average molecular weight is 311 g/mol. The van der Waals surface area contributed by atoms with Crippen LogP contribution in [0.3, 0.4) is 0 Å². The highest BCUT2D eigenvalue weighted by atomic mass is 79.9. The van der Waals surface area contributed by atoms with E-state index in [0.29, 0.717) is 12.6 Å². The Morgan fingerprint density at radius 1 is 1.39 bits per heavy atom. The smallest absolute Gasteiger partial charge is 0.0481 e. The monoisotopic (exact) mass is 310 g/mol. The first-order valence-electron chi connectivity index (χ1n) is 6.82. The molecular formula is C15H23BrN2. The third-order valence-electron chi connectivity index (χ3n) is 4.13. The first-order chi connectivity index (χ1) is 8.63. The summed E-state index contributed by atoms with van der Waals surface area (Å²) in [6.07, 6.45) is 1.30. The molecule has 1 fully saturated rings. The Hall–Kier alpha value is -0.380. The highest BCUT2D eigenvalue weighted by Crippen LogP contribution is 2.33. The van der Waals surface area contributed by atoms with E-state index in [9.17, 15) is 0 Å². The van der Waals surface area contributed by atoms with Crippen molar-refractivity contribution in [3.8, 4) is 0 Å². The highest BCUT2D eigenvalue weighted by Gasteiger charge is 2.30. The van der Waals surface area contributed by atoms with Gasteiger partial charge in [0.15, 0.2) is 0 Å². The second-order valence-corrected chi connectivity index (χ2v) is 6.42. The van der Waals surface area contributed by atoms with Gasteiger partial charge in [0.2, 0.25) is 0 Å². The molecule has 0 radical (unpaired) electrons. The zero-order valence-corrected chi connectivity index (χ0v) is 12.9. The summed E-state index contributed by atoms with van der Waals surface area (Å²) in [5.74, 6) is 1.59. The van der Waals surface area contributed by atoms with E-state index in [1.54, 1.807) is 0 Å². The van der Waals surface area contributed by atoms with Gasteiger partial charge in [-0.25, -0.2) is 0 Å². The summed E-state index contributed by atoms with van der Waals surface area (Å²) in [5.41, 5.74) is 7.34. The van der Waals surface area contributed by atoms with Crippen LogP contribution in [0.25, 0.3) is 0 Å². The number of nitrogens with two attached hydrogens (primary N) is 1. The van der Waals surface area contributed by atoms with Gasteiger partial charge in [0.1, 0.15) is 0 Å². The predicted octanol–water partition coefficient (Wildman–Crippen LogP) is 3.43. The second kappa shape index (κ2) is 6.18. The summed E-state index contributed by atoms with van der Waals surface area (Å²) in [4.78, 5) is 2.55. The lowest BCUT2D eigenvalue weighted by Gasteiger charge is -2.28. The molecule has 1 aliphatic rings. The second-order valence-electron chi connectivity index (χ2n) is 5.56. The van der Waals surface area contributed by atoms with E-state index in [4.69, 9.17) is 5.73 Å². The van der Waals surface area contributed by atoms with Crippen LogP contribution in [0.2, 0.25) is 0 Å². The molecule has 1 saturated heterocycles. The van der Waals surface area contributed by atoms with Crippen molar-refractivity contribution in [3.63, 3.8) is 0 Å². The van der Waals surface area contributed by atoms with E-state index in [1.165, 1.54) is 29.5 Å². The minimum Gasteiger partial charge on any atom is -0.329 e. The average Bonchev–Trinajstić information content (AvgIpc) is 2.82. The minimum atomic E-state index is 0.351. The summed E-state index contributed by atoms with van der Waals surface area (Å²) in [6, 6.07) is 8.79. The maximum absolute atomic E-state index is 6.01. The van der Waals surface area contributed by atoms with Crippen LogP contribution in [0.4, 0.5) is 0 Å². The fraction of sp³-hybridized carbons (Fsp3) is 0.600. The summed E-state index contributed by atoms with van der Waals surface area (Å²) in [6.45, 7) is 7.69. The SMILES string of the molecule is CC(C)C1CCN(C(CN)c2ccccc2Br)C1. The fourth-order valence-corrected chi connectivity index (χ4v) is 3.41. The number of hydrogen-bond donors (Lipinski definition) is 1. The molecule has 2 rings (SSSR count). The van der Waals surface area contributed by atoms with Crippen LogP contribution in [0.1, 0.15) is 31.9 Å². The number of nitrogens with zero attached hydrogens (tertiary/aromatic N) is 1. The van der Waals surface area contributed by atoms with Gasteiger partial charge in [-0.3, -0.25) is 4.90 Å². The molecule has 0 spiro atoms. The summed E-state index contributed by atoms with van der Waals surface area (Å²) < 4.78 is 1.17. The molecule has 2 unspecified atom stereocenters. The van der Waals surface area contributed by atoms with E-state index in [0.717, 1.165) is 11.8 Å². The van der Waals surface area contributed by atoms with Gasteiger partial charge >= 0.3 is 0 Å². The zero-order valence-electron chi connectivity index (χ0n) is 11.3. The molecule has 18 heavy (non-hydrogen) atoms. The Bertz CT molecular complexity index is 392. The van der Waals surface area contributed by atoms with Gasteiger partial charge in [0, 0.05) is 23.6 Å². The van der Waals surface area contributed by atoms with Gasteiger partial charge in [0.25, 0.3) is 0 Å². The van der Waals surface area contributed by atoms with Crippen molar-refractivity contribution in [1.82, 2.24) is 4.90 Å². The number of hydrogen-bond acceptors (Lipinski definition) is 2. The lowest BCUT2D eigenvalue weighted by atomic mass is 9.95. The Labute approximate surface area is 119 Å². The first-order valence-corrected chi connectivity index (χ1v) is 7.61. The molecule has 0 bridgehead atoms. The van der Waals surface area contributed by atoms with E-state index in [2.05, 4.69) is 58.9 Å². The quantitative estimate of drug-likeness (QED) is 0.923. The summed E-state index contributed by atoms with van der Waals surface area (Å²) >= 11 is 3.65. The lowest BCUT2D eigenvalue weighted by Crippen LogP contribution is -2.32. The van der Waals surface area contributed by atoms with Crippen LogP contribution < -0.4 is 5.73 Å². The van der Waals surface area contributed by atoms with Crippen LogP contribution in [0.15, 0.2) is 28.7 Å². The largest absolute Gasteiger partial charge is 0.329 e. The Morgan fingerprint density at radius 3 is 2.67 bits per heavy atom. The normalized spacial score (nSPS) is 22.6. The van der Waals surface area contributed by atoms with Gasteiger partial charge in [-0.15, -0.1) is 0 Å². The third-order valence-corrected chi connectivity index (χ3v) is 4.85. The van der Waals surface area contributed by atoms with Crippen LogP contribution in [-0.2, 0) is 0 Å². The lowest BCUT2D eigenvalue weighted by molar-refractivity contribution is 0.231. The number of benzene rings is 1. The van der Waals surface area contributed by atoms with Crippen molar-refractivity contribution in [2.24, 2.45) is 17.6 Å². The zero-order chi connectivity index (χ0) is 13.1. The van der Waals surface area contributed by atoms with Gasteiger partial charge in [-0.05, 0) is 36.4 Å². The molecule has 0 saturated carbocycles. The Morgan fingerprint density at radius 2 is 2.11 bits per heavy atom. The number of likely N-dealkylation sites (tertiary alicyclic amines) is 1. The standard InChI is InChI=1S/C15H23BrN2/c1-11(2)12-7-8-18(10-12)15(9-17)13-5-3-4-6-14(13)16/h3-6,11-12,15H,7-10,17H2,1-2H3. The first kappa shape index (κ1) is 14.0.